The number of aliphatic hydroxyl groups excluding tert-OH is 1. The molecule has 1 unspecified atom stereocenters. The molecule has 0 saturated carbocycles. The second kappa shape index (κ2) is 5.21. The predicted octanol–water partition coefficient (Wildman–Crippen LogP) is 0.686. The van der Waals surface area contributed by atoms with Crippen molar-refractivity contribution >= 4 is 11.7 Å². The van der Waals surface area contributed by atoms with Crippen LogP contribution in [0.25, 0.3) is 0 Å². The zero-order valence-corrected chi connectivity index (χ0v) is 8.30. The molecule has 0 aliphatic rings. The van der Waals surface area contributed by atoms with E-state index in [1.165, 1.54) is 19.1 Å². The maximum Gasteiger partial charge on any atom is 0.327 e. The molecule has 0 fully saturated rings. The molecule has 1 rings (SSSR count). The van der Waals surface area contributed by atoms with Gasteiger partial charge in [0.2, 0.25) is 0 Å². The van der Waals surface area contributed by atoms with E-state index < -0.39 is 12.3 Å². The van der Waals surface area contributed by atoms with E-state index in [-0.39, 0.29) is 12.3 Å². The molecule has 1 atom stereocenters. The minimum Gasteiger partial charge on any atom is -0.508 e. The topological polar surface area (TPSA) is 78.8 Å². The number of carbonyl (C=O) groups is 1. The van der Waals surface area contributed by atoms with E-state index in [9.17, 15) is 4.79 Å². The molecule has 1 aromatic rings. The SMILES string of the molecule is CC(O)OC(=O)CNc1ccc(O)cc1. The Bertz CT molecular complexity index is 321. The number of esters is 1. The Morgan fingerprint density at radius 1 is 1.47 bits per heavy atom. The number of nitrogens with one attached hydrogen (secondary N) is 1. The molecule has 1 aromatic carbocycles. The Hall–Kier alpha value is -1.75. The van der Waals surface area contributed by atoms with E-state index in [0.717, 1.165) is 0 Å². The van der Waals surface area contributed by atoms with Crippen LogP contribution in [0.5, 0.6) is 5.75 Å². The predicted molar refractivity (Wildman–Crippen MR) is 54.4 cm³/mol. The average Bonchev–Trinajstić information content (AvgIpc) is 2.16. The Balaban J connectivity index is 2.37. The average molecular weight is 211 g/mol. The third-order valence-corrected chi connectivity index (χ3v) is 1.61. The molecule has 0 saturated heterocycles. The monoisotopic (exact) mass is 211 g/mol. The molecule has 5 nitrogen and oxygen atoms in total. The van der Waals surface area contributed by atoms with Gasteiger partial charge in [-0.25, -0.2) is 0 Å². The Morgan fingerprint density at radius 3 is 2.60 bits per heavy atom. The highest BCUT2D eigenvalue weighted by molar-refractivity contribution is 5.75. The summed E-state index contributed by atoms with van der Waals surface area (Å²) in [5.74, 6) is -0.384. The van der Waals surface area contributed by atoms with Crippen LogP contribution in [-0.2, 0) is 9.53 Å². The van der Waals surface area contributed by atoms with Crippen molar-refractivity contribution in [3.63, 3.8) is 0 Å². The van der Waals surface area contributed by atoms with Gasteiger partial charge in [0, 0.05) is 5.69 Å². The molecule has 15 heavy (non-hydrogen) atoms. The number of benzene rings is 1. The third-order valence-electron chi connectivity index (χ3n) is 1.61. The number of hydrogen-bond donors (Lipinski definition) is 3. The second-order valence-electron chi connectivity index (χ2n) is 2.99. The molecule has 0 aliphatic heterocycles. The number of hydrogen-bond acceptors (Lipinski definition) is 5. The van der Waals surface area contributed by atoms with Gasteiger partial charge in [0.25, 0.3) is 0 Å². The number of carbonyl (C=O) groups excluding carboxylic acids is 1. The van der Waals surface area contributed by atoms with E-state index in [4.69, 9.17) is 10.2 Å². The van der Waals surface area contributed by atoms with Crippen molar-refractivity contribution in [2.24, 2.45) is 0 Å². The van der Waals surface area contributed by atoms with Crippen LogP contribution in [-0.4, -0.2) is 29.0 Å². The first-order valence-electron chi connectivity index (χ1n) is 4.48. The Labute approximate surface area is 87.3 Å². The first-order valence-corrected chi connectivity index (χ1v) is 4.48. The minimum absolute atomic E-state index is 0.0321. The maximum absolute atomic E-state index is 11.0. The second-order valence-corrected chi connectivity index (χ2v) is 2.99. The van der Waals surface area contributed by atoms with Gasteiger partial charge in [-0.05, 0) is 31.2 Å². The maximum atomic E-state index is 11.0. The molecule has 0 amide bonds. The van der Waals surface area contributed by atoms with Gasteiger partial charge in [0.15, 0.2) is 6.29 Å². The van der Waals surface area contributed by atoms with Crippen molar-refractivity contribution in [2.75, 3.05) is 11.9 Å². The van der Waals surface area contributed by atoms with Crippen LogP contribution in [0.1, 0.15) is 6.92 Å². The van der Waals surface area contributed by atoms with Crippen molar-refractivity contribution in [1.82, 2.24) is 0 Å². The molecule has 82 valence electrons. The summed E-state index contributed by atoms with van der Waals surface area (Å²) in [5.41, 5.74) is 0.690. The Morgan fingerprint density at radius 2 is 2.07 bits per heavy atom. The van der Waals surface area contributed by atoms with Crippen LogP contribution in [0.15, 0.2) is 24.3 Å². The summed E-state index contributed by atoms with van der Waals surface area (Å²) in [6.07, 6.45) is -1.10. The van der Waals surface area contributed by atoms with Crippen molar-refractivity contribution < 1.29 is 19.7 Å². The number of ether oxygens (including phenoxy) is 1. The van der Waals surface area contributed by atoms with Gasteiger partial charge in [-0.15, -0.1) is 0 Å². The van der Waals surface area contributed by atoms with Crippen LogP contribution in [0.3, 0.4) is 0 Å². The first kappa shape index (κ1) is 11.3. The van der Waals surface area contributed by atoms with Gasteiger partial charge in [-0.2, -0.15) is 0 Å². The highest BCUT2D eigenvalue weighted by Crippen LogP contribution is 2.13. The molecular formula is C10H13NO4. The summed E-state index contributed by atoms with van der Waals surface area (Å²) in [7, 11) is 0. The largest absolute Gasteiger partial charge is 0.508 e. The normalized spacial score (nSPS) is 11.9. The Kier molecular flexibility index (Phi) is 3.93. The van der Waals surface area contributed by atoms with Crippen LogP contribution in [0.4, 0.5) is 5.69 Å². The molecule has 0 aliphatic carbocycles. The minimum atomic E-state index is -1.10. The van der Waals surface area contributed by atoms with Gasteiger partial charge in [0.05, 0.1) is 0 Å². The highest BCUT2D eigenvalue weighted by Gasteiger charge is 2.05. The fourth-order valence-corrected chi connectivity index (χ4v) is 0.985. The van der Waals surface area contributed by atoms with E-state index in [1.807, 2.05) is 0 Å². The fraction of sp³-hybridized carbons (Fsp3) is 0.300. The first-order chi connectivity index (χ1) is 7.08. The van der Waals surface area contributed by atoms with Gasteiger partial charge >= 0.3 is 5.97 Å². The van der Waals surface area contributed by atoms with Crippen molar-refractivity contribution in [3.05, 3.63) is 24.3 Å². The lowest BCUT2D eigenvalue weighted by Gasteiger charge is -2.08. The van der Waals surface area contributed by atoms with Crippen LogP contribution >= 0.6 is 0 Å². The standard InChI is InChI=1S/C10H13NO4/c1-7(12)15-10(14)6-11-8-2-4-9(13)5-3-8/h2-5,7,11-13H,6H2,1H3. The lowest BCUT2D eigenvalue weighted by atomic mass is 10.3. The summed E-state index contributed by atoms with van der Waals surface area (Å²) in [6.45, 7) is 1.33. The zero-order chi connectivity index (χ0) is 11.3. The third kappa shape index (κ3) is 4.33. The summed E-state index contributed by atoms with van der Waals surface area (Å²) < 4.78 is 4.50. The molecule has 5 heteroatoms. The summed E-state index contributed by atoms with van der Waals surface area (Å²) in [6, 6.07) is 6.26. The lowest BCUT2D eigenvalue weighted by molar-refractivity contribution is -0.162. The zero-order valence-electron chi connectivity index (χ0n) is 8.30. The number of aromatic hydroxyl groups is 1. The van der Waals surface area contributed by atoms with E-state index >= 15 is 0 Å². The lowest BCUT2D eigenvalue weighted by Crippen LogP contribution is -2.21. The summed E-state index contributed by atoms with van der Waals surface area (Å²) >= 11 is 0. The van der Waals surface area contributed by atoms with E-state index in [0.29, 0.717) is 5.69 Å². The quantitative estimate of drug-likeness (QED) is 0.388. The molecule has 0 bridgehead atoms. The summed E-state index contributed by atoms with van der Waals surface area (Å²) in [4.78, 5) is 11.0. The van der Waals surface area contributed by atoms with Gasteiger partial charge in [-0.1, -0.05) is 0 Å². The number of aliphatic hydroxyl groups is 1. The van der Waals surface area contributed by atoms with Crippen LogP contribution in [0.2, 0.25) is 0 Å². The smallest absolute Gasteiger partial charge is 0.327 e. The van der Waals surface area contributed by atoms with E-state index in [1.54, 1.807) is 12.1 Å². The molecular weight excluding hydrogens is 198 g/mol. The highest BCUT2D eigenvalue weighted by atomic mass is 16.6. The van der Waals surface area contributed by atoms with Crippen LogP contribution in [0, 0.1) is 0 Å². The van der Waals surface area contributed by atoms with Crippen molar-refractivity contribution in [3.8, 4) is 5.75 Å². The molecule has 0 radical (unpaired) electrons. The molecule has 0 spiro atoms. The number of phenols is 1. The molecule has 0 aromatic heterocycles. The van der Waals surface area contributed by atoms with Gasteiger partial charge in [-0.3, -0.25) is 4.79 Å². The van der Waals surface area contributed by atoms with Gasteiger partial charge in [0.1, 0.15) is 12.3 Å². The number of phenolic OH excluding ortho intramolecular Hbond substituents is 1. The molecule has 3 N–H and O–H groups in total. The fourth-order valence-electron chi connectivity index (χ4n) is 0.985. The van der Waals surface area contributed by atoms with E-state index in [2.05, 4.69) is 10.1 Å². The summed E-state index contributed by atoms with van der Waals surface area (Å²) in [5, 5.41) is 20.5. The van der Waals surface area contributed by atoms with Crippen LogP contribution < -0.4 is 5.32 Å². The molecule has 0 heterocycles. The van der Waals surface area contributed by atoms with Gasteiger partial charge < -0.3 is 20.3 Å². The van der Waals surface area contributed by atoms with Crippen molar-refractivity contribution in [2.45, 2.75) is 13.2 Å². The number of anilines is 1. The number of rotatable bonds is 4. The van der Waals surface area contributed by atoms with Crippen molar-refractivity contribution in [1.29, 1.82) is 0 Å².